The molecule has 0 unspecified atom stereocenters. The van der Waals surface area contributed by atoms with Crippen LogP contribution < -0.4 is 22.9 Å². The van der Waals surface area contributed by atoms with Crippen molar-refractivity contribution in [2.24, 2.45) is 0 Å². The number of hydrogen-bond acceptors (Lipinski definition) is 4. The van der Waals surface area contributed by atoms with Crippen molar-refractivity contribution in [3.63, 3.8) is 0 Å². The van der Waals surface area contributed by atoms with Crippen molar-refractivity contribution >= 4 is 69.2 Å². The van der Waals surface area contributed by atoms with Gasteiger partial charge in [-0.25, -0.2) is 0 Å². The van der Waals surface area contributed by atoms with Crippen molar-refractivity contribution in [3.05, 3.63) is 92.9 Å². The lowest BCUT2D eigenvalue weighted by Crippen LogP contribution is -1.88. The van der Waals surface area contributed by atoms with Crippen LogP contribution in [0.3, 0.4) is 0 Å². The molecule has 4 aromatic rings. The van der Waals surface area contributed by atoms with Crippen molar-refractivity contribution in [1.29, 1.82) is 0 Å². The Morgan fingerprint density at radius 3 is 0.688 bits per heavy atom. The molecule has 0 saturated carbocycles. The summed E-state index contributed by atoms with van der Waals surface area (Å²) in [6, 6.07) is 21.8. The fourth-order valence-corrected chi connectivity index (χ4v) is 3.55. The van der Waals surface area contributed by atoms with E-state index in [0.29, 0.717) is 42.8 Å². The minimum absolute atomic E-state index is 0.533. The van der Waals surface area contributed by atoms with Gasteiger partial charge in [0.15, 0.2) is 0 Å². The van der Waals surface area contributed by atoms with Crippen LogP contribution in [0.25, 0.3) is 22.3 Å². The molecule has 8 N–H and O–H groups in total. The summed E-state index contributed by atoms with van der Waals surface area (Å²) in [5.41, 5.74) is 28.7. The summed E-state index contributed by atoms with van der Waals surface area (Å²) in [4.78, 5) is 0. The molecular formula is C24H20Cl4N4. The average Bonchev–Trinajstić information content (AvgIpc) is 2.76. The van der Waals surface area contributed by atoms with E-state index >= 15 is 0 Å². The molecule has 4 rings (SSSR count). The quantitative estimate of drug-likeness (QED) is 0.210. The lowest BCUT2D eigenvalue weighted by Gasteiger charge is -2.06. The predicted octanol–water partition coefficient (Wildman–Crippen LogP) is 7.65. The van der Waals surface area contributed by atoms with Crippen LogP contribution >= 0.6 is 46.4 Å². The molecule has 0 heterocycles. The summed E-state index contributed by atoms with van der Waals surface area (Å²) in [5.74, 6) is 0. The van der Waals surface area contributed by atoms with E-state index in [-0.39, 0.29) is 0 Å². The van der Waals surface area contributed by atoms with E-state index in [1.54, 1.807) is 48.5 Å². The van der Waals surface area contributed by atoms with Gasteiger partial charge in [0.05, 0.1) is 42.8 Å². The van der Waals surface area contributed by atoms with Crippen LogP contribution in [0, 0.1) is 0 Å². The van der Waals surface area contributed by atoms with E-state index in [1.807, 2.05) is 24.3 Å². The van der Waals surface area contributed by atoms with E-state index in [9.17, 15) is 0 Å². The van der Waals surface area contributed by atoms with Gasteiger partial charge >= 0.3 is 0 Å². The molecular weight excluding hydrogens is 486 g/mol. The van der Waals surface area contributed by atoms with Gasteiger partial charge in [-0.05, 0) is 70.8 Å². The smallest absolute Gasteiger partial charge is 0.0641 e. The Morgan fingerprint density at radius 1 is 0.344 bits per heavy atom. The van der Waals surface area contributed by atoms with Crippen LogP contribution in [0.5, 0.6) is 0 Å². The molecule has 32 heavy (non-hydrogen) atoms. The fourth-order valence-electron chi connectivity index (χ4n) is 2.83. The van der Waals surface area contributed by atoms with Crippen LogP contribution in [0.15, 0.2) is 72.8 Å². The zero-order chi connectivity index (χ0) is 23.4. The number of nitrogens with two attached hydrogens (primary N) is 4. The first-order valence-electron chi connectivity index (χ1n) is 9.36. The van der Waals surface area contributed by atoms with Crippen LogP contribution in [-0.4, -0.2) is 0 Å². The van der Waals surface area contributed by atoms with Crippen molar-refractivity contribution in [2.45, 2.75) is 0 Å². The molecule has 8 heteroatoms. The van der Waals surface area contributed by atoms with Crippen molar-refractivity contribution < 1.29 is 0 Å². The minimum atomic E-state index is 0.533. The highest BCUT2D eigenvalue weighted by Gasteiger charge is 2.05. The van der Waals surface area contributed by atoms with Crippen LogP contribution in [0.1, 0.15) is 0 Å². The molecule has 4 nitrogen and oxygen atoms in total. The zero-order valence-electron chi connectivity index (χ0n) is 16.7. The van der Waals surface area contributed by atoms with E-state index in [4.69, 9.17) is 69.3 Å². The van der Waals surface area contributed by atoms with Gasteiger partial charge in [0.2, 0.25) is 0 Å². The Kier molecular flexibility index (Phi) is 7.64. The van der Waals surface area contributed by atoms with Gasteiger partial charge in [-0.1, -0.05) is 70.7 Å². The summed E-state index contributed by atoms with van der Waals surface area (Å²) in [6.07, 6.45) is 0. The minimum Gasteiger partial charge on any atom is -0.398 e. The summed E-state index contributed by atoms with van der Waals surface area (Å²) < 4.78 is 0. The van der Waals surface area contributed by atoms with E-state index < -0.39 is 0 Å². The number of halogens is 4. The number of benzene rings is 4. The summed E-state index contributed by atoms with van der Waals surface area (Å²) in [7, 11) is 0. The van der Waals surface area contributed by atoms with E-state index in [2.05, 4.69) is 0 Å². The van der Waals surface area contributed by atoms with Gasteiger partial charge in [-0.15, -0.1) is 0 Å². The normalized spacial score (nSPS) is 10.4. The van der Waals surface area contributed by atoms with Crippen molar-refractivity contribution in [3.8, 4) is 22.3 Å². The first-order valence-corrected chi connectivity index (χ1v) is 10.9. The number of hydrogen-bond donors (Lipinski definition) is 4. The Bertz CT molecular complexity index is 1080. The molecule has 0 fully saturated rings. The highest BCUT2D eigenvalue weighted by molar-refractivity contribution is 6.34. The molecule has 0 spiro atoms. The molecule has 0 atom stereocenters. The Morgan fingerprint density at radius 2 is 0.531 bits per heavy atom. The van der Waals surface area contributed by atoms with Gasteiger partial charge in [0, 0.05) is 0 Å². The van der Waals surface area contributed by atoms with Crippen LogP contribution in [0.4, 0.5) is 22.7 Å². The number of nitrogen functional groups attached to an aromatic ring is 4. The monoisotopic (exact) mass is 504 g/mol. The number of anilines is 4. The molecule has 0 aliphatic carbocycles. The van der Waals surface area contributed by atoms with Gasteiger partial charge in [0.25, 0.3) is 0 Å². The molecule has 0 aliphatic rings. The zero-order valence-corrected chi connectivity index (χ0v) is 19.8. The third-order valence-corrected chi connectivity index (χ3v) is 5.98. The highest BCUT2D eigenvalue weighted by Crippen LogP contribution is 2.31. The summed E-state index contributed by atoms with van der Waals surface area (Å²) in [5, 5.41) is 2.13. The summed E-state index contributed by atoms with van der Waals surface area (Å²) >= 11 is 23.8. The Hall–Kier alpha value is -2.76. The topological polar surface area (TPSA) is 104 Å². The first kappa shape index (κ1) is 23.9. The molecule has 0 radical (unpaired) electrons. The maximum Gasteiger partial charge on any atom is 0.0641 e. The largest absolute Gasteiger partial charge is 0.398 e. The maximum absolute atomic E-state index is 5.95. The number of rotatable bonds is 2. The Balaban J connectivity index is 0.000000181. The maximum atomic E-state index is 5.95. The predicted molar refractivity (Wildman–Crippen MR) is 141 cm³/mol. The van der Waals surface area contributed by atoms with Gasteiger partial charge in [-0.2, -0.15) is 0 Å². The second-order valence-electron chi connectivity index (χ2n) is 6.95. The SMILES string of the molecule is Nc1ccc(-c2ccc(N)c(Cl)c2)cc1Cl.Nc1ccc(-c2ccc(N)c(Cl)c2)cc1Cl. The standard InChI is InChI=1S/2C12H10Cl2N2/c2*13-9-5-7(1-3-11(9)15)8-2-4-12(16)10(14)6-8/h2*1-6H,15-16H2. The highest BCUT2D eigenvalue weighted by atomic mass is 35.5. The van der Waals surface area contributed by atoms with E-state index in [1.165, 1.54) is 0 Å². The fraction of sp³-hybridized carbons (Fsp3) is 0. The lowest BCUT2D eigenvalue weighted by molar-refractivity contribution is 1.61. The first-order chi connectivity index (χ1) is 15.2. The molecule has 0 aliphatic heterocycles. The van der Waals surface area contributed by atoms with Crippen molar-refractivity contribution in [1.82, 2.24) is 0 Å². The molecule has 0 saturated heterocycles. The summed E-state index contributed by atoms with van der Waals surface area (Å²) in [6.45, 7) is 0. The van der Waals surface area contributed by atoms with Gasteiger partial charge in [-0.3, -0.25) is 0 Å². The lowest BCUT2D eigenvalue weighted by atomic mass is 10.1. The van der Waals surface area contributed by atoms with E-state index in [0.717, 1.165) is 22.3 Å². The molecule has 164 valence electrons. The van der Waals surface area contributed by atoms with Gasteiger partial charge in [0.1, 0.15) is 0 Å². The third kappa shape index (κ3) is 5.72. The third-order valence-electron chi connectivity index (χ3n) is 4.67. The molecule has 0 bridgehead atoms. The van der Waals surface area contributed by atoms with Crippen LogP contribution in [0.2, 0.25) is 20.1 Å². The second kappa shape index (κ2) is 10.2. The molecule has 0 aromatic heterocycles. The molecule has 0 amide bonds. The van der Waals surface area contributed by atoms with Crippen LogP contribution in [-0.2, 0) is 0 Å². The second-order valence-corrected chi connectivity index (χ2v) is 8.57. The molecule has 4 aromatic carbocycles. The average molecular weight is 506 g/mol. The van der Waals surface area contributed by atoms with Gasteiger partial charge < -0.3 is 22.9 Å². The Labute approximate surface area is 206 Å². The van der Waals surface area contributed by atoms with Crippen molar-refractivity contribution in [2.75, 3.05) is 22.9 Å².